The fraction of sp³-hybridized carbons (Fsp3) is 0.333. The van der Waals surface area contributed by atoms with E-state index in [4.69, 9.17) is 0 Å². The van der Waals surface area contributed by atoms with Gasteiger partial charge in [-0.15, -0.1) is 0 Å². The van der Waals surface area contributed by atoms with E-state index in [9.17, 15) is 13.6 Å². The fourth-order valence-corrected chi connectivity index (χ4v) is 3.84. The number of hydrogen-bond donors (Lipinski definition) is 0. The van der Waals surface area contributed by atoms with Crippen LogP contribution >= 0.6 is 0 Å². The molecular weight excluding hydrogens is 412 g/mol. The number of alkyl halides is 2. The minimum absolute atomic E-state index is 0.0563. The summed E-state index contributed by atoms with van der Waals surface area (Å²) in [5.74, 6) is -2.94. The molecule has 0 spiro atoms. The highest BCUT2D eigenvalue weighted by atomic mass is 19.3. The number of halogens is 2. The number of nitrogens with zero attached hydrogens (tertiary/aromatic N) is 5. The highest BCUT2D eigenvalue weighted by Gasteiger charge is 2.35. The molecule has 1 fully saturated rings. The summed E-state index contributed by atoms with van der Waals surface area (Å²) in [4.78, 5) is 23.1. The average Bonchev–Trinajstić information content (AvgIpc) is 3.18. The molecule has 1 amide bonds. The number of aryl methyl sites for hydroxylation is 1. The van der Waals surface area contributed by atoms with Crippen LogP contribution in [0.4, 0.5) is 8.78 Å². The maximum absolute atomic E-state index is 13.4. The number of carbonyl (C=O) groups is 1. The molecule has 6 nitrogen and oxygen atoms in total. The van der Waals surface area contributed by atoms with Crippen LogP contribution in [0.5, 0.6) is 0 Å². The van der Waals surface area contributed by atoms with Crippen molar-refractivity contribution in [3.63, 3.8) is 0 Å². The molecule has 0 N–H and O–H groups in total. The smallest absolute Gasteiger partial charge is 0.255 e. The minimum Gasteiger partial charge on any atom is -0.338 e. The summed E-state index contributed by atoms with van der Waals surface area (Å²) in [5, 5.41) is 6.04. The Morgan fingerprint density at radius 2 is 1.69 bits per heavy atom. The molecule has 166 valence electrons. The number of benzene rings is 1. The average molecular weight is 437 g/mol. The van der Waals surface area contributed by atoms with Crippen LogP contribution in [0.25, 0.3) is 33.1 Å². The largest absolute Gasteiger partial charge is 0.338 e. The van der Waals surface area contributed by atoms with Crippen LogP contribution in [-0.4, -0.2) is 49.6 Å². The second kappa shape index (κ2) is 8.61. The summed E-state index contributed by atoms with van der Waals surface area (Å²) in [6, 6.07) is 9.61. The van der Waals surface area contributed by atoms with Gasteiger partial charge >= 0.3 is 0 Å². The van der Waals surface area contributed by atoms with E-state index < -0.39 is 5.92 Å². The Morgan fingerprint density at radius 3 is 2.44 bits per heavy atom. The van der Waals surface area contributed by atoms with Gasteiger partial charge in [0, 0.05) is 67.9 Å². The summed E-state index contributed by atoms with van der Waals surface area (Å²) in [6.45, 7) is 4.11. The van der Waals surface area contributed by atoms with E-state index in [1.54, 1.807) is 16.9 Å². The number of amides is 1. The van der Waals surface area contributed by atoms with Crippen molar-refractivity contribution in [3.05, 3.63) is 54.5 Å². The maximum atomic E-state index is 13.4. The molecule has 4 heterocycles. The topological polar surface area (TPSA) is 63.9 Å². The summed E-state index contributed by atoms with van der Waals surface area (Å²) < 4.78 is 28.5. The van der Waals surface area contributed by atoms with Crippen molar-refractivity contribution in [2.75, 3.05) is 13.1 Å². The van der Waals surface area contributed by atoms with Gasteiger partial charge in [-0.05, 0) is 29.8 Å². The van der Waals surface area contributed by atoms with E-state index >= 15 is 0 Å². The molecule has 1 saturated heterocycles. The summed E-state index contributed by atoms with van der Waals surface area (Å²) in [6.07, 6.45) is 4.60. The molecule has 4 aromatic rings. The van der Waals surface area contributed by atoms with Gasteiger partial charge in [0.15, 0.2) is 5.65 Å². The summed E-state index contributed by atoms with van der Waals surface area (Å²) in [5.41, 5.74) is 3.74. The van der Waals surface area contributed by atoms with Crippen LogP contribution in [0.1, 0.15) is 37.0 Å². The first kappa shape index (κ1) is 21.8. The number of fused-ring (bicyclic) bond motifs is 2. The normalized spacial score (nSPS) is 15.5. The van der Waals surface area contributed by atoms with E-state index in [2.05, 4.69) is 15.1 Å². The van der Waals surface area contributed by atoms with Crippen LogP contribution in [-0.2, 0) is 7.05 Å². The zero-order valence-corrected chi connectivity index (χ0v) is 18.3. The lowest BCUT2D eigenvalue weighted by molar-refractivity contribution is -0.0494. The van der Waals surface area contributed by atoms with Crippen molar-refractivity contribution in [1.82, 2.24) is 24.6 Å². The second-order valence-electron chi connectivity index (χ2n) is 7.72. The van der Waals surface area contributed by atoms with Gasteiger partial charge in [-0.1, -0.05) is 19.9 Å². The lowest BCUT2D eigenvalue weighted by atomic mass is 10.0. The number of hydrogen-bond acceptors (Lipinski definition) is 4. The zero-order chi connectivity index (χ0) is 22.9. The highest BCUT2D eigenvalue weighted by molar-refractivity contribution is 5.98. The number of likely N-dealkylation sites (tertiary alicyclic amines) is 1. The molecule has 0 bridgehead atoms. The van der Waals surface area contributed by atoms with Crippen molar-refractivity contribution in [2.45, 2.75) is 32.6 Å². The first-order valence-corrected chi connectivity index (χ1v) is 10.7. The lowest BCUT2D eigenvalue weighted by Gasteiger charge is -2.31. The maximum Gasteiger partial charge on any atom is 0.255 e. The summed E-state index contributed by atoms with van der Waals surface area (Å²) in [7, 11) is 1.85. The number of pyridine rings is 2. The Labute approximate surface area is 184 Å². The predicted octanol–water partition coefficient (Wildman–Crippen LogP) is 5.08. The van der Waals surface area contributed by atoms with Crippen molar-refractivity contribution in [1.29, 1.82) is 0 Å². The molecule has 1 aliphatic rings. The van der Waals surface area contributed by atoms with E-state index in [1.165, 1.54) is 11.1 Å². The number of carbonyl (C=O) groups excluding carboxylic acids is 1. The van der Waals surface area contributed by atoms with Crippen molar-refractivity contribution >= 4 is 27.8 Å². The molecule has 1 aliphatic heterocycles. The van der Waals surface area contributed by atoms with Gasteiger partial charge < -0.3 is 4.90 Å². The fourth-order valence-electron chi connectivity index (χ4n) is 3.84. The van der Waals surface area contributed by atoms with E-state index in [1.807, 2.05) is 51.4 Å². The minimum atomic E-state index is -2.68. The third-order valence-electron chi connectivity index (χ3n) is 5.52. The van der Waals surface area contributed by atoms with Gasteiger partial charge in [-0.2, -0.15) is 5.10 Å². The molecule has 0 saturated carbocycles. The second-order valence-corrected chi connectivity index (χ2v) is 7.72. The molecule has 0 aliphatic carbocycles. The molecule has 3 aromatic heterocycles. The molecule has 0 radical (unpaired) electrons. The van der Waals surface area contributed by atoms with Gasteiger partial charge in [0.05, 0.1) is 11.1 Å². The first-order chi connectivity index (χ1) is 15.4. The zero-order valence-electron chi connectivity index (χ0n) is 18.3. The van der Waals surface area contributed by atoms with Crippen LogP contribution in [0, 0.1) is 0 Å². The molecule has 32 heavy (non-hydrogen) atoms. The molecule has 0 atom stereocenters. The van der Waals surface area contributed by atoms with E-state index in [0.29, 0.717) is 11.2 Å². The summed E-state index contributed by atoms with van der Waals surface area (Å²) >= 11 is 0. The van der Waals surface area contributed by atoms with Crippen LogP contribution in [0.15, 0.2) is 48.9 Å². The number of rotatable bonds is 2. The third-order valence-corrected chi connectivity index (χ3v) is 5.52. The molecule has 0 unspecified atom stereocenters. The van der Waals surface area contributed by atoms with Crippen LogP contribution < -0.4 is 0 Å². The van der Waals surface area contributed by atoms with Crippen molar-refractivity contribution in [2.24, 2.45) is 7.05 Å². The van der Waals surface area contributed by atoms with Gasteiger partial charge in [0.2, 0.25) is 0 Å². The Kier molecular flexibility index (Phi) is 5.86. The standard InChI is InChI=1S/C22H19F2N5O.C2H6/c1-28-13-18-10-16(11-26-20(18)27-28)14-2-3-19-15(8-14)9-17(12-25-19)21(30)29-6-4-22(23,24)5-7-29;1-2/h2-3,8-13H,4-7H2,1H3;1-2H3. The Morgan fingerprint density at radius 1 is 0.969 bits per heavy atom. The van der Waals surface area contributed by atoms with E-state index in [0.717, 1.165) is 27.4 Å². The van der Waals surface area contributed by atoms with Gasteiger partial charge in [0.25, 0.3) is 11.8 Å². The molecule has 1 aromatic carbocycles. The Balaban J connectivity index is 0.00000119. The quantitative estimate of drug-likeness (QED) is 0.439. The van der Waals surface area contributed by atoms with Crippen molar-refractivity contribution < 1.29 is 13.6 Å². The Hall–Kier alpha value is -3.42. The SMILES string of the molecule is CC.Cn1cc2cc(-c3ccc4ncc(C(=O)N5CCC(F)(F)CC5)cc4c3)cnc2n1. The van der Waals surface area contributed by atoms with Gasteiger partial charge in [-0.3, -0.25) is 14.5 Å². The Bertz CT molecular complexity index is 1270. The van der Waals surface area contributed by atoms with Crippen LogP contribution in [0.2, 0.25) is 0 Å². The van der Waals surface area contributed by atoms with Gasteiger partial charge in [-0.25, -0.2) is 13.8 Å². The van der Waals surface area contributed by atoms with Gasteiger partial charge in [0.1, 0.15) is 0 Å². The predicted molar refractivity (Wildman–Crippen MR) is 121 cm³/mol. The van der Waals surface area contributed by atoms with E-state index in [-0.39, 0.29) is 31.8 Å². The molecule has 8 heteroatoms. The monoisotopic (exact) mass is 437 g/mol. The lowest BCUT2D eigenvalue weighted by Crippen LogP contribution is -2.42. The highest BCUT2D eigenvalue weighted by Crippen LogP contribution is 2.29. The molecular formula is C24H25F2N5O. The van der Waals surface area contributed by atoms with Crippen molar-refractivity contribution in [3.8, 4) is 11.1 Å². The van der Waals surface area contributed by atoms with Crippen LogP contribution in [0.3, 0.4) is 0 Å². The molecule has 5 rings (SSSR count). The third kappa shape index (κ3) is 4.30. The number of aromatic nitrogens is 4. The number of piperidine rings is 1. The first-order valence-electron chi connectivity index (χ1n) is 10.7.